The number of hydrogen-bond acceptors (Lipinski definition) is 8. The maximum absolute atomic E-state index is 14.7. The maximum atomic E-state index is 14.7. The van der Waals surface area contributed by atoms with Crippen LogP contribution in [0.1, 0.15) is 60.4 Å². The van der Waals surface area contributed by atoms with E-state index >= 15 is 0 Å². The van der Waals surface area contributed by atoms with Gasteiger partial charge in [-0.05, 0) is 56.4 Å². The van der Waals surface area contributed by atoms with Crippen LogP contribution in [-0.2, 0) is 20.7 Å². The van der Waals surface area contributed by atoms with Crippen LogP contribution >= 0.6 is 0 Å². The van der Waals surface area contributed by atoms with Crippen molar-refractivity contribution in [2.75, 3.05) is 69.4 Å². The second kappa shape index (κ2) is 13.5. The molecule has 45 heavy (non-hydrogen) atoms. The molecule has 242 valence electrons. The standard InChI is InChI=1S/C34H44F2N6O3/c1-5-31(43)40-15-13-39(14-16-40)28-20-42-26(28)8-6-7-25-27(42)19-30(38-33(25)34(35)36)41-17-18-45-29(21-44-4)32-24(10-9-23(41)3)22(2)11-12-37-32/h5-7,11-12,19,23,26,28-29,34H,1,8-10,13-18,20-21H2,2-4H3. The maximum Gasteiger partial charge on any atom is 0.281 e. The summed E-state index contributed by atoms with van der Waals surface area (Å²) in [6, 6.07) is 4.53. The number of anilines is 2. The van der Waals surface area contributed by atoms with Crippen LogP contribution in [0.4, 0.5) is 20.3 Å². The Bertz CT molecular complexity index is 1430. The number of fused-ring (bicyclic) bond motifs is 4. The number of piperazine rings is 1. The van der Waals surface area contributed by atoms with E-state index in [0.29, 0.717) is 50.3 Å². The normalized spacial score (nSPS) is 25.6. The van der Waals surface area contributed by atoms with E-state index in [4.69, 9.17) is 9.47 Å². The van der Waals surface area contributed by atoms with E-state index < -0.39 is 6.43 Å². The highest BCUT2D eigenvalue weighted by atomic mass is 19.3. The van der Waals surface area contributed by atoms with Gasteiger partial charge in [-0.1, -0.05) is 18.7 Å². The molecule has 2 aromatic rings. The summed E-state index contributed by atoms with van der Waals surface area (Å²) in [5.74, 6) is 0.525. The first-order chi connectivity index (χ1) is 21.8. The summed E-state index contributed by atoms with van der Waals surface area (Å²) in [7, 11) is 1.66. The third-order valence-electron chi connectivity index (χ3n) is 9.96. The Balaban J connectivity index is 1.27. The lowest BCUT2D eigenvalue weighted by Crippen LogP contribution is -2.69. The Morgan fingerprint density at radius 3 is 2.73 bits per heavy atom. The SMILES string of the molecule is C=CC(=O)N1CCN(C2CN3c4cc(N5CCOC(COC)c6nccc(C)c6CCC5C)nc(C(F)F)c4C=CCC23)CC1. The second-order valence-corrected chi connectivity index (χ2v) is 12.5. The van der Waals surface area contributed by atoms with Gasteiger partial charge in [0.1, 0.15) is 17.6 Å². The first kappa shape index (κ1) is 31.6. The lowest BCUT2D eigenvalue weighted by molar-refractivity contribution is -0.128. The third-order valence-corrected chi connectivity index (χ3v) is 9.96. The van der Waals surface area contributed by atoms with Gasteiger partial charge in [-0.2, -0.15) is 0 Å². The second-order valence-electron chi connectivity index (χ2n) is 12.5. The van der Waals surface area contributed by atoms with Crippen molar-refractivity contribution in [1.29, 1.82) is 0 Å². The van der Waals surface area contributed by atoms with Crippen LogP contribution in [-0.4, -0.2) is 103 Å². The number of alkyl halides is 2. The molecule has 6 rings (SSSR count). The molecule has 0 N–H and O–H groups in total. The van der Waals surface area contributed by atoms with Crippen LogP contribution in [0.15, 0.2) is 37.1 Å². The van der Waals surface area contributed by atoms with Gasteiger partial charge in [0.15, 0.2) is 0 Å². The van der Waals surface area contributed by atoms with Crippen molar-refractivity contribution >= 4 is 23.5 Å². The third kappa shape index (κ3) is 6.22. The van der Waals surface area contributed by atoms with E-state index in [9.17, 15) is 13.6 Å². The number of ether oxygens (including phenoxy) is 2. The zero-order chi connectivity index (χ0) is 31.7. The number of methoxy groups -OCH3 is 1. The van der Waals surface area contributed by atoms with Gasteiger partial charge >= 0.3 is 0 Å². The van der Waals surface area contributed by atoms with Crippen molar-refractivity contribution in [1.82, 2.24) is 19.8 Å². The van der Waals surface area contributed by atoms with Crippen LogP contribution in [0.25, 0.3) is 6.08 Å². The average Bonchev–Trinajstić information content (AvgIpc) is 3.16. The molecule has 0 radical (unpaired) electrons. The van der Waals surface area contributed by atoms with Crippen molar-refractivity contribution in [3.05, 3.63) is 65.1 Å². The minimum Gasteiger partial charge on any atom is -0.382 e. The Morgan fingerprint density at radius 1 is 1.20 bits per heavy atom. The van der Waals surface area contributed by atoms with Crippen LogP contribution in [0, 0.1) is 6.92 Å². The van der Waals surface area contributed by atoms with E-state index in [-0.39, 0.29) is 29.8 Å². The Labute approximate surface area is 264 Å². The predicted octanol–water partition coefficient (Wildman–Crippen LogP) is 4.57. The highest BCUT2D eigenvalue weighted by Crippen LogP contribution is 2.42. The quantitative estimate of drug-likeness (QED) is 0.434. The summed E-state index contributed by atoms with van der Waals surface area (Å²) in [5.41, 5.74) is 4.39. The van der Waals surface area contributed by atoms with Gasteiger partial charge in [-0.25, -0.2) is 13.8 Å². The molecule has 0 aromatic carbocycles. The van der Waals surface area contributed by atoms with Gasteiger partial charge in [0.25, 0.3) is 6.43 Å². The number of pyridine rings is 2. The van der Waals surface area contributed by atoms with Crippen LogP contribution in [0.5, 0.6) is 0 Å². The number of amides is 1. The molecule has 4 atom stereocenters. The average molecular weight is 623 g/mol. The number of rotatable bonds is 6. The number of carbonyl (C=O) groups excluding carboxylic acids is 1. The summed E-state index contributed by atoms with van der Waals surface area (Å²) in [4.78, 5) is 30.1. The molecular weight excluding hydrogens is 578 g/mol. The molecule has 4 aliphatic heterocycles. The molecule has 1 amide bonds. The smallest absolute Gasteiger partial charge is 0.281 e. The van der Waals surface area contributed by atoms with Crippen molar-refractivity contribution in [2.24, 2.45) is 0 Å². The van der Waals surface area contributed by atoms with Crippen molar-refractivity contribution in [3.8, 4) is 0 Å². The van der Waals surface area contributed by atoms with Gasteiger partial charge in [0.05, 0.1) is 24.6 Å². The lowest BCUT2D eigenvalue weighted by Gasteiger charge is -2.55. The molecule has 0 spiro atoms. The van der Waals surface area contributed by atoms with E-state index in [2.05, 4.69) is 45.1 Å². The minimum atomic E-state index is -2.70. The topological polar surface area (TPSA) is 74.3 Å². The minimum absolute atomic E-state index is 0.0313. The Kier molecular flexibility index (Phi) is 9.49. The molecule has 9 nitrogen and oxygen atoms in total. The molecule has 0 bridgehead atoms. The van der Waals surface area contributed by atoms with Crippen LogP contribution in [0.2, 0.25) is 0 Å². The Morgan fingerprint density at radius 2 is 2.00 bits per heavy atom. The molecule has 4 aliphatic rings. The van der Waals surface area contributed by atoms with Crippen molar-refractivity contribution in [2.45, 2.75) is 63.8 Å². The van der Waals surface area contributed by atoms with Gasteiger partial charge in [-0.15, -0.1) is 0 Å². The zero-order valence-corrected chi connectivity index (χ0v) is 26.5. The van der Waals surface area contributed by atoms with E-state index in [0.717, 1.165) is 61.4 Å². The summed E-state index contributed by atoms with van der Waals surface area (Å²) < 4.78 is 41.1. The summed E-state index contributed by atoms with van der Waals surface area (Å²) in [6.45, 7) is 12.8. The molecule has 2 fully saturated rings. The molecule has 11 heteroatoms. The highest BCUT2D eigenvalue weighted by Gasteiger charge is 2.45. The molecule has 0 saturated carbocycles. The fourth-order valence-electron chi connectivity index (χ4n) is 7.38. The fraction of sp³-hybridized carbons (Fsp3) is 0.559. The first-order valence-electron chi connectivity index (χ1n) is 16.0. The summed E-state index contributed by atoms with van der Waals surface area (Å²) in [5, 5.41) is 0. The molecule has 2 aromatic heterocycles. The molecular formula is C34H44F2N6O3. The number of hydrogen-bond donors (Lipinski definition) is 0. The molecule has 2 saturated heterocycles. The number of aryl methyl sites for hydroxylation is 1. The van der Waals surface area contributed by atoms with Gasteiger partial charge in [0, 0.05) is 82.3 Å². The van der Waals surface area contributed by atoms with E-state index in [1.165, 1.54) is 6.08 Å². The van der Waals surface area contributed by atoms with E-state index in [1.807, 2.05) is 35.4 Å². The first-order valence-corrected chi connectivity index (χ1v) is 16.0. The Hall–Kier alpha value is -3.41. The van der Waals surface area contributed by atoms with Gasteiger partial charge in [0.2, 0.25) is 5.91 Å². The summed E-state index contributed by atoms with van der Waals surface area (Å²) >= 11 is 0. The number of nitrogens with zero attached hydrogens (tertiary/aromatic N) is 6. The monoisotopic (exact) mass is 622 g/mol. The number of halogens is 2. The molecule has 4 unspecified atom stereocenters. The van der Waals surface area contributed by atoms with Gasteiger partial charge < -0.3 is 24.2 Å². The van der Waals surface area contributed by atoms with Gasteiger partial charge in [-0.3, -0.25) is 14.7 Å². The van der Waals surface area contributed by atoms with E-state index in [1.54, 1.807) is 7.11 Å². The van der Waals surface area contributed by atoms with Crippen LogP contribution < -0.4 is 9.80 Å². The number of carbonyl (C=O) groups is 1. The van der Waals surface area contributed by atoms with Crippen LogP contribution in [0.3, 0.4) is 0 Å². The lowest BCUT2D eigenvalue weighted by atomic mass is 9.90. The molecule has 6 heterocycles. The predicted molar refractivity (Wildman–Crippen MR) is 171 cm³/mol. The summed E-state index contributed by atoms with van der Waals surface area (Å²) in [6.07, 6.45) is 6.40. The van der Waals surface area contributed by atoms with Crippen molar-refractivity contribution in [3.63, 3.8) is 0 Å². The van der Waals surface area contributed by atoms with Crippen molar-refractivity contribution < 1.29 is 23.0 Å². The number of aromatic nitrogens is 2. The largest absolute Gasteiger partial charge is 0.382 e. The molecule has 0 aliphatic carbocycles. The zero-order valence-electron chi connectivity index (χ0n) is 26.5. The fourth-order valence-corrected chi connectivity index (χ4v) is 7.38. The highest BCUT2D eigenvalue weighted by molar-refractivity contribution is 5.87.